The van der Waals surface area contributed by atoms with Gasteiger partial charge < -0.3 is 9.55 Å². The summed E-state index contributed by atoms with van der Waals surface area (Å²) in [6.45, 7) is -2.09. The fourth-order valence-corrected chi connectivity index (χ4v) is 5.84. The third kappa shape index (κ3) is 6.04. The molecule has 0 N–H and O–H groups in total. The van der Waals surface area contributed by atoms with Gasteiger partial charge in [-0.3, -0.25) is 16.3 Å². The summed E-state index contributed by atoms with van der Waals surface area (Å²) in [5.74, 6) is 0.852. The van der Waals surface area contributed by atoms with Crippen molar-refractivity contribution in [1.82, 2.24) is 14.5 Å². The molecule has 0 aliphatic rings. The van der Waals surface area contributed by atoms with Crippen LogP contribution < -0.4 is 0 Å². The number of hydrogen-bond acceptors (Lipinski definition) is 3. The molecular formula is C39H27IrN3S-2. The van der Waals surface area contributed by atoms with Crippen molar-refractivity contribution in [2.24, 2.45) is 0 Å². The number of rotatable bonds is 4. The molecule has 0 amide bonds. The second-order valence-corrected chi connectivity index (χ2v) is 10.7. The number of nitrogens with zero attached hydrogens (tertiary/aromatic N) is 3. The van der Waals surface area contributed by atoms with Crippen molar-refractivity contribution in [3.05, 3.63) is 163 Å². The molecule has 3 heterocycles. The Hall–Kier alpha value is -4.67. The molecule has 3 nitrogen and oxygen atoms in total. The topological polar surface area (TPSA) is 30.7 Å². The van der Waals surface area contributed by atoms with Crippen LogP contribution in [0.2, 0.25) is 0 Å². The summed E-state index contributed by atoms with van der Waals surface area (Å²) in [6.07, 6.45) is 1.39. The van der Waals surface area contributed by atoms with Gasteiger partial charge in [-0.05, 0) is 53.5 Å². The first-order chi connectivity index (χ1) is 22.8. The van der Waals surface area contributed by atoms with E-state index in [1.165, 1.54) is 17.3 Å². The molecule has 5 aromatic carbocycles. The van der Waals surface area contributed by atoms with Crippen molar-refractivity contribution in [3.63, 3.8) is 0 Å². The van der Waals surface area contributed by atoms with Crippen LogP contribution in [0.4, 0.5) is 0 Å². The Labute approximate surface area is 280 Å². The van der Waals surface area contributed by atoms with Gasteiger partial charge in [0.2, 0.25) is 0 Å². The molecule has 0 saturated carbocycles. The van der Waals surface area contributed by atoms with E-state index in [0.29, 0.717) is 6.04 Å². The Kier molecular flexibility index (Phi) is 7.49. The number of aromatic nitrogens is 3. The number of para-hydroxylation sites is 2. The first-order valence-corrected chi connectivity index (χ1v) is 14.6. The molecule has 1 radical (unpaired) electrons. The zero-order valence-electron chi connectivity index (χ0n) is 27.4. The van der Waals surface area contributed by atoms with Gasteiger partial charge in [0.1, 0.15) is 0 Å². The number of benzene rings is 5. The predicted molar refractivity (Wildman–Crippen MR) is 179 cm³/mol. The molecule has 0 fully saturated rings. The molecule has 0 aliphatic carbocycles. The van der Waals surface area contributed by atoms with Crippen LogP contribution in [0.25, 0.3) is 60.6 Å². The van der Waals surface area contributed by atoms with Crippen LogP contribution in [0.5, 0.6) is 0 Å². The molecule has 0 bridgehead atoms. The quantitative estimate of drug-likeness (QED) is 0.167. The molecule has 44 heavy (non-hydrogen) atoms. The van der Waals surface area contributed by atoms with E-state index in [1.807, 2.05) is 60.7 Å². The first kappa shape index (κ1) is 24.7. The van der Waals surface area contributed by atoms with Crippen molar-refractivity contribution in [1.29, 1.82) is 0 Å². The molecule has 215 valence electrons. The molecule has 5 heteroatoms. The number of pyridine rings is 1. The van der Waals surface area contributed by atoms with Gasteiger partial charge in [-0.1, -0.05) is 101 Å². The van der Waals surface area contributed by atoms with Crippen molar-refractivity contribution in [3.8, 4) is 39.5 Å². The van der Waals surface area contributed by atoms with E-state index in [2.05, 4.69) is 75.6 Å². The number of hydrogen-bond donors (Lipinski definition) is 0. The molecular weight excluding hydrogens is 735 g/mol. The van der Waals surface area contributed by atoms with Gasteiger partial charge in [-0.15, -0.1) is 47.3 Å². The summed E-state index contributed by atoms with van der Waals surface area (Å²) in [5.41, 5.74) is 8.22. The third-order valence-corrected chi connectivity index (χ3v) is 8.00. The summed E-state index contributed by atoms with van der Waals surface area (Å²) in [5, 5.41) is 4.46. The van der Waals surface area contributed by atoms with E-state index < -0.39 is 6.85 Å². The molecule has 8 aromatic rings. The van der Waals surface area contributed by atoms with Crippen LogP contribution >= 0.6 is 11.3 Å². The van der Waals surface area contributed by atoms with Crippen molar-refractivity contribution in [2.75, 3.05) is 0 Å². The Morgan fingerprint density at radius 3 is 2.34 bits per heavy atom. The summed E-state index contributed by atoms with van der Waals surface area (Å²) in [7, 11) is 0. The number of imidazole rings is 1. The minimum atomic E-state index is -2.09. The second-order valence-electron chi connectivity index (χ2n) is 9.88. The molecule has 0 spiro atoms. The largest absolute Gasteiger partial charge is 0.333 e. The molecule has 0 aliphatic heterocycles. The summed E-state index contributed by atoms with van der Waals surface area (Å²) < 4.78 is 33.1. The Morgan fingerprint density at radius 2 is 1.57 bits per heavy atom. The zero-order chi connectivity index (χ0) is 32.4. The summed E-state index contributed by atoms with van der Waals surface area (Å²) in [4.78, 5) is 9.09. The number of fused-ring (bicyclic) bond motifs is 2. The third-order valence-electron chi connectivity index (χ3n) is 7.12. The fraction of sp³-hybridized carbons (Fsp3) is 0.0256. The molecule has 0 atom stereocenters. The van der Waals surface area contributed by atoms with Crippen molar-refractivity contribution in [2.45, 2.75) is 6.85 Å². The molecule has 3 aromatic heterocycles. The van der Waals surface area contributed by atoms with E-state index in [-0.39, 0.29) is 25.7 Å². The van der Waals surface area contributed by atoms with Crippen LogP contribution in [-0.2, 0) is 20.1 Å². The van der Waals surface area contributed by atoms with Gasteiger partial charge in [0.25, 0.3) is 0 Å². The van der Waals surface area contributed by atoms with Gasteiger partial charge >= 0.3 is 0 Å². The predicted octanol–water partition coefficient (Wildman–Crippen LogP) is 10.2. The van der Waals surface area contributed by atoms with E-state index in [0.717, 1.165) is 49.5 Å². The first-order valence-electron chi connectivity index (χ1n) is 15.8. The van der Waals surface area contributed by atoms with Crippen LogP contribution in [0.15, 0.2) is 146 Å². The monoisotopic (exact) mass is 766 g/mol. The van der Waals surface area contributed by atoms with Gasteiger partial charge in [-0.25, -0.2) is 0 Å². The Balaban J connectivity index is 0.000000201. The molecule has 0 saturated heterocycles. The van der Waals surface area contributed by atoms with Gasteiger partial charge in [0.15, 0.2) is 0 Å². The van der Waals surface area contributed by atoms with Crippen LogP contribution in [0.1, 0.15) is 11.0 Å². The maximum atomic E-state index is 8.07. The van der Waals surface area contributed by atoms with Crippen molar-refractivity contribution < 1.29 is 25.6 Å². The van der Waals surface area contributed by atoms with Crippen LogP contribution in [-0.4, -0.2) is 14.5 Å². The zero-order valence-corrected chi connectivity index (χ0v) is 26.6. The SMILES string of the molecule is [2H]C([2H])([2H])c1ccc(-c2[c-]cccc2)nc1.[2H]c1ccc2s[c-]c(-c3nc4ccccc4n3-c3ccc(-c4ccccc4)cc3)c2c1.[Ir]. The minimum absolute atomic E-state index is 0. The van der Waals surface area contributed by atoms with Gasteiger partial charge in [0, 0.05) is 36.1 Å². The maximum absolute atomic E-state index is 8.07. The average molecular weight is 766 g/mol. The van der Waals surface area contributed by atoms with Crippen LogP contribution in [0, 0.1) is 18.3 Å². The van der Waals surface area contributed by atoms with Crippen molar-refractivity contribution >= 4 is 32.5 Å². The maximum Gasteiger partial charge on any atom is 0.0774 e. The Bertz CT molecular complexity index is 2280. The molecule has 8 rings (SSSR count). The second kappa shape index (κ2) is 13.3. The van der Waals surface area contributed by atoms with E-state index in [1.54, 1.807) is 29.5 Å². The summed E-state index contributed by atoms with van der Waals surface area (Å²) in [6, 6.07) is 47.2. The van der Waals surface area contributed by atoms with Gasteiger partial charge in [0.05, 0.1) is 18.2 Å². The smallest absolute Gasteiger partial charge is 0.0774 e. The number of aryl methyl sites for hydroxylation is 1. The van der Waals surface area contributed by atoms with Gasteiger partial charge in [-0.2, -0.15) is 0 Å². The Morgan fingerprint density at radius 1 is 0.773 bits per heavy atom. The fourth-order valence-electron chi connectivity index (χ4n) is 5.02. The average Bonchev–Trinajstić information content (AvgIpc) is 3.70. The van der Waals surface area contributed by atoms with E-state index in [9.17, 15) is 0 Å². The normalized spacial score (nSPS) is 12.3. The minimum Gasteiger partial charge on any atom is -0.333 e. The standard InChI is InChI=1S/C27H17N2S.C12H10N.Ir/c1-2-8-19(9-3-1)20-14-16-21(17-15-20)29-25-12-6-5-11-24(25)28-27(29)23-18-30-26-13-7-4-10-22(23)26;1-10-7-8-12(13-9-10)11-5-3-2-4-6-11;/h1-17H;2-5,7-9H,1H3;/q2*-1;/i4D;1D3;. The number of thiophene rings is 1. The molecule has 0 unspecified atom stereocenters. The summed E-state index contributed by atoms with van der Waals surface area (Å²) >= 11 is 1.57. The van der Waals surface area contributed by atoms with E-state index in [4.69, 9.17) is 10.5 Å². The van der Waals surface area contributed by atoms with E-state index >= 15 is 0 Å². The van der Waals surface area contributed by atoms with Crippen LogP contribution in [0.3, 0.4) is 0 Å².